The summed E-state index contributed by atoms with van der Waals surface area (Å²) < 4.78 is 43.8. The van der Waals surface area contributed by atoms with Crippen LogP contribution in [0.1, 0.15) is 32.8 Å². The second-order valence-corrected chi connectivity index (χ2v) is 5.63. The van der Waals surface area contributed by atoms with Crippen molar-refractivity contribution in [3.05, 3.63) is 29.8 Å². The molecule has 0 radical (unpaired) electrons. The van der Waals surface area contributed by atoms with Crippen LogP contribution in [-0.4, -0.2) is 24.6 Å². The van der Waals surface area contributed by atoms with Gasteiger partial charge in [0.25, 0.3) is 0 Å². The van der Waals surface area contributed by atoms with E-state index >= 15 is 0 Å². The van der Waals surface area contributed by atoms with Crippen LogP contribution in [0.2, 0.25) is 0 Å². The Morgan fingerprint density at radius 1 is 1.30 bits per heavy atom. The highest BCUT2D eigenvalue weighted by Gasteiger charge is 2.34. The molecule has 1 aromatic carbocycles. The van der Waals surface area contributed by atoms with E-state index in [1.165, 1.54) is 18.2 Å². The van der Waals surface area contributed by atoms with Gasteiger partial charge in [-0.1, -0.05) is 32.4 Å². The molecule has 0 aromatic heterocycles. The molecule has 0 saturated heterocycles. The summed E-state index contributed by atoms with van der Waals surface area (Å²) in [7, 11) is 0. The molecule has 0 fully saturated rings. The van der Waals surface area contributed by atoms with Gasteiger partial charge in [-0.05, 0) is 25.0 Å². The van der Waals surface area contributed by atoms with Crippen LogP contribution in [-0.2, 0) is 11.0 Å². The first-order chi connectivity index (χ1) is 10.7. The molecule has 3 N–H and O–H groups in total. The number of rotatable bonds is 7. The molecule has 0 aliphatic heterocycles. The molecular weight excluding hydrogens is 309 g/mol. The first-order valence-electron chi connectivity index (χ1n) is 7.51. The Morgan fingerprint density at radius 3 is 2.48 bits per heavy atom. The highest BCUT2D eigenvalue weighted by molar-refractivity contribution is 5.82. The van der Waals surface area contributed by atoms with Crippen LogP contribution in [0.25, 0.3) is 0 Å². The van der Waals surface area contributed by atoms with E-state index in [-0.39, 0.29) is 24.2 Å². The van der Waals surface area contributed by atoms with Gasteiger partial charge in [0.15, 0.2) is 0 Å². The molecule has 1 aromatic rings. The fraction of sp³-hybridized carbons (Fsp3) is 0.562. The molecule has 0 bridgehead atoms. The quantitative estimate of drug-likeness (QED) is 0.807. The third-order valence-electron chi connectivity index (χ3n) is 3.63. The number of nitrogens with one attached hydrogen (secondary N) is 1. The Labute approximate surface area is 134 Å². The number of amides is 1. The summed E-state index contributed by atoms with van der Waals surface area (Å²) in [4.78, 5) is 11.9. The predicted molar refractivity (Wildman–Crippen MR) is 82.0 cm³/mol. The number of benzene rings is 1. The van der Waals surface area contributed by atoms with Gasteiger partial charge in [-0.3, -0.25) is 4.79 Å². The van der Waals surface area contributed by atoms with Crippen molar-refractivity contribution in [1.82, 2.24) is 5.32 Å². The van der Waals surface area contributed by atoms with E-state index in [0.717, 1.165) is 12.5 Å². The van der Waals surface area contributed by atoms with Crippen LogP contribution < -0.4 is 15.8 Å². The van der Waals surface area contributed by atoms with Gasteiger partial charge in [-0.15, -0.1) is 0 Å². The average Bonchev–Trinajstić information content (AvgIpc) is 2.50. The highest BCUT2D eigenvalue weighted by atomic mass is 19.4. The Kier molecular flexibility index (Phi) is 6.87. The van der Waals surface area contributed by atoms with Crippen molar-refractivity contribution in [2.75, 3.05) is 6.61 Å². The largest absolute Gasteiger partial charge is 0.491 e. The summed E-state index contributed by atoms with van der Waals surface area (Å²) in [5.41, 5.74) is 4.97. The van der Waals surface area contributed by atoms with Crippen molar-refractivity contribution in [3.8, 4) is 5.75 Å². The number of carbonyl (C=O) groups is 1. The minimum absolute atomic E-state index is 0.0223. The minimum atomic E-state index is -4.48. The van der Waals surface area contributed by atoms with Crippen LogP contribution >= 0.6 is 0 Å². The first kappa shape index (κ1) is 19.3. The molecule has 0 spiro atoms. The number of nitrogens with two attached hydrogens (primary N) is 1. The zero-order valence-corrected chi connectivity index (χ0v) is 13.5. The number of alkyl halides is 3. The summed E-state index contributed by atoms with van der Waals surface area (Å²) in [6.07, 6.45) is -3.72. The maximum atomic E-state index is 12.9. The molecule has 7 heteroatoms. The lowest BCUT2D eigenvalue weighted by atomic mass is 9.99. The summed E-state index contributed by atoms with van der Waals surface area (Å²) in [5, 5.41) is 2.65. The maximum Gasteiger partial charge on any atom is 0.419 e. The number of hydrogen-bond donors (Lipinski definition) is 2. The molecular formula is C16H23F3N2O2. The van der Waals surface area contributed by atoms with Crippen LogP contribution in [0.15, 0.2) is 24.3 Å². The Hall–Kier alpha value is -1.76. The van der Waals surface area contributed by atoms with Gasteiger partial charge in [-0.2, -0.15) is 13.2 Å². The fourth-order valence-corrected chi connectivity index (χ4v) is 1.93. The molecule has 0 aliphatic rings. The lowest BCUT2D eigenvalue weighted by molar-refractivity contribution is -0.139. The van der Waals surface area contributed by atoms with Crippen molar-refractivity contribution in [3.63, 3.8) is 0 Å². The molecule has 1 rings (SSSR count). The molecule has 3 unspecified atom stereocenters. The SMILES string of the molecule is CCC(C)C(N)C(=O)NC(C)COc1ccccc1C(F)(F)F. The summed E-state index contributed by atoms with van der Waals surface area (Å²) in [6.45, 7) is 5.37. The van der Waals surface area contributed by atoms with E-state index in [0.29, 0.717) is 0 Å². The van der Waals surface area contributed by atoms with E-state index in [4.69, 9.17) is 10.5 Å². The third kappa shape index (κ3) is 5.74. The van der Waals surface area contributed by atoms with Gasteiger partial charge in [0.05, 0.1) is 17.6 Å². The van der Waals surface area contributed by atoms with Crippen LogP contribution in [0.4, 0.5) is 13.2 Å². The Bertz CT molecular complexity index is 520. The maximum absolute atomic E-state index is 12.9. The standard InChI is InChI=1S/C16H23F3N2O2/c1-4-10(2)14(20)15(22)21-11(3)9-23-13-8-6-5-7-12(13)16(17,18)19/h5-8,10-11,14H,4,9,20H2,1-3H3,(H,21,22). The monoisotopic (exact) mass is 332 g/mol. The third-order valence-corrected chi connectivity index (χ3v) is 3.63. The second-order valence-electron chi connectivity index (χ2n) is 5.63. The summed E-state index contributed by atoms with van der Waals surface area (Å²) in [6, 6.07) is 3.86. The highest BCUT2D eigenvalue weighted by Crippen LogP contribution is 2.35. The molecule has 23 heavy (non-hydrogen) atoms. The van der Waals surface area contributed by atoms with E-state index in [1.54, 1.807) is 6.92 Å². The lowest BCUT2D eigenvalue weighted by Crippen LogP contribution is -2.49. The van der Waals surface area contributed by atoms with E-state index in [1.807, 2.05) is 13.8 Å². The second kappa shape index (κ2) is 8.19. The van der Waals surface area contributed by atoms with Gasteiger partial charge in [0.1, 0.15) is 12.4 Å². The minimum Gasteiger partial charge on any atom is -0.491 e. The van der Waals surface area contributed by atoms with E-state index < -0.39 is 23.8 Å². The number of carbonyl (C=O) groups excluding carboxylic acids is 1. The van der Waals surface area contributed by atoms with Gasteiger partial charge in [0, 0.05) is 0 Å². The van der Waals surface area contributed by atoms with Crippen molar-refractivity contribution < 1.29 is 22.7 Å². The van der Waals surface area contributed by atoms with Crippen LogP contribution in [0.3, 0.4) is 0 Å². The fourth-order valence-electron chi connectivity index (χ4n) is 1.93. The van der Waals surface area contributed by atoms with Crippen molar-refractivity contribution in [2.45, 2.75) is 45.5 Å². The predicted octanol–water partition coefficient (Wildman–Crippen LogP) is 2.96. The van der Waals surface area contributed by atoms with Crippen molar-refractivity contribution >= 4 is 5.91 Å². The first-order valence-corrected chi connectivity index (χ1v) is 7.51. The number of hydrogen-bond acceptors (Lipinski definition) is 3. The molecule has 4 nitrogen and oxygen atoms in total. The molecule has 0 saturated carbocycles. The molecule has 130 valence electrons. The van der Waals surface area contributed by atoms with Gasteiger partial charge in [0.2, 0.25) is 5.91 Å². The number of para-hydroxylation sites is 1. The molecule has 0 aliphatic carbocycles. The zero-order valence-electron chi connectivity index (χ0n) is 13.5. The van der Waals surface area contributed by atoms with Crippen LogP contribution in [0, 0.1) is 5.92 Å². The normalized spacial score (nSPS) is 15.6. The number of ether oxygens (including phenoxy) is 1. The van der Waals surface area contributed by atoms with Crippen molar-refractivity contribution in [1.29, 1.82) is 0 Å². The zero-order chi connectivity index (χ0) is 17.6. The topological polar surface area (TPSA) is 64.4 Å². The smallest absolute Gasteiger partial charge is 0.419 e. The summed E-state index contributed by atoms with van der Waals surface area (Å²) in [5.74, 6) is -0.569. The van der Waals surface area contributed by atoms with Crippen LogP contribution in [0.5, 0.6) is 5.75 Å². The van der Waals surface area contributed by atoms with E-state index in [9.17, 15) is 18.0 Å². The van der Waals surface area contributed by atoms with Gasteiger partial charge in [-0.25, -0.2) is 0 Å². The van der Waals surface area contributed by atoms with E-state index in [2.05, 4.69) is 5.32 Å². The Morgan fingerprint density at radius 2 is 1.91 bits per heavy atom. The van der Waals surface area contributed by atoms with Gasteiger partial charge < -0.3 is 15.8 Å². The molecule has 0 heterocycles. The van der Waals surface area contributed by atoms with Crippen molar-refractivity contribution in [2.24, 2.45) is 11.7 Å². The summed E-state index contributed by atoms with van der Waals surface area (Å²) >= 11 is 0. The lowest BCUT2D eigenvalue weighted by Gasteiger charge is -2.22. The number of halogens is 3. The molecule has 3 atom stereocenters. The Balaban J connectivity index is 2.61. The van der Waals surface area contributed by atoms with Gasteiger partial charge >= 0.3 is 6.18 Å². The molecule has 1 amide bonds. The average molecular weight is 332 g/mol.